The summed E-state index contributed by atoms with van der Waals surface area (Å²) in [6, 6.07) is 28.4. The summed E-state index contributed by atoms with van der Waals surface area (Å²) in [4.78, 5) is 29.8. The molecule has 0 unspecified atom stereocenters. The van der Waals surface area contributed by atoms with Crippen LogP contribution in [-0.4, -0.2) is 26.4 Å². The average Bonchev–Trinajstić information content (AvgIpc) is 3.39. The molecule has 0 aliphatic rings. The number of amides is 1. The van der Waals surface area contributed by atoms with E-state index in [-0.39, 0.29) is 23.3 Å². The summed E-state index contributed by atoms with van der Waals surface area (Å²) in [6.45, 7) is 1.85. The fraction of sp³-hybridized carbons (Fsp3) is 0.0882. The van der Waals surface area contributed by atoms with Gasteiger partial charge in [-0.3, -0.25) is 4.79 Å². The van der Waals surface area contributed by atoms with E-state index in [0.29, 0.717) is 17.5 Å². The predicted molar refractivity (Wildman–Crippen MR) is 157 cm³/mol. The van der Waals surface area contributed by atoms with Crippen LogP contribution >= 0.6 is 0 Å². The predicted octanol–water partition coefficient (Wildman–Crippen LogP) is 7.07. The van der Waals surface area contributed by atoms with Crippen LogP contribution in [0.25, 0.3) is 27.4 Å². The van der Waals surface area contributed by atoms with Crippen LogP contribution in [0.4, 0.5) is 4.39 Å². The number of benzene rings is 4. The molecule has 0 aliphatic carbocycles. The lowest BCUT2D eigenvalue weighted by atomic mass is 10.00. The van der Waals surface area contributed by atoms with Gasteiger partial charge < -0.3 is 14.8 Å². The van der Waals surface area contributed by atoms with E-state index in [1.54, 1.807) is 30.6 Å². The first-order valence-corrected chi connectivity index (χ1v) is 13.2. The molecule has 202 valence electrons. The maximum atomic E-state index is 13.8. The highest BCUT2D eigenvalue weighted by molar-refractivity contribution is 6.03. The number of carboxylic acid groups (broad SMARTS) is 1. The Balaban J connectivity index is 1.39. The Hall–Kier alpha value is -5.30. The molecule has 0 saturated carbocycles. The fourth-order valence-corrected chi connectivity index (χ4v) is 5.12. The van der Waals surface area contributed by atoms with Gasteiger partial charge in [0.2, 0.25) is 0 Å². The highest BCUT2D eigenvalue weighted by Crippen LogP contribution is 2.28. The third-order valence-electron chi connectivity index (χ3n) is 7.32. The van der Waals surface area contributed by atoms with Gasteiger partial charge in [0.25, 0.3) is 5.91 Å². The van der Waals surface area contributed by atoms with Crippen molar-refractivity contribution in [1.29, 1.82) is 0 Å². The number of carbonyl (C=O) groups excluding carboxylic acids is 1. The van der Waals surface area contributed by atoms with Gasteiger partial charge in [-0.2, -0.15) is 0 Å². The first-order valence-electron chi connectivity index (χ1n) is 13.2. The molecule has 41 heavy (non-hydrogen) atoms. The number of rotatable bonds is 7. The van der Waals surface area contributed by atoms with E-state index in [1.807, 2.05) is 35.7 Å². The van der Waals surface area contributed by atoms with Crippen LogP contribution in [-0.2, 0) is 6.42 Å². The molecule has 2 N–H and O–H groups in total. The molecular formula is C34H26FN3O3. The first kappa shape index (κ1) is 26.0. The van der Waals surface area contributed by atoms with Crippen molar-refractivity contribution >= 4 is 28.2 Å². The van der Waals surface area contributed by atoms with Crippen molar-refractivity contribution in [2.75, 3.05) is 0 Å². The highest BCUT2D eigenvalue weighted by Gasteiger charge is 2.20. The Morgan fingerprint density at radius 1 is 0.902 bits per heavy atom. The van der Waals surface area contributed by atoms with Gasteiger partial charge in [-0.25, -0.2) is 14.2 Å². The molecule has 0 saturated heterocycles. The zero-order valence-corrected chi connectivity index (χ0v) is 22.2. The number of carbonyl (C=O) groups is 2. The largest absolute Gasteiger partial charge is 0.478 e. The normalized spacial score (nSPS) is 12.0. The Morgan fingerprint density at radius 3 is 2.37 bits per heavy atom. The van der Waals surface area contributed by atoms with Crippen molar-refractivity contribution in [3.05, 3.63) is 143 Å². The molecule has 6 nitrogen and oxygen atoms in total. The number of imidazole rings is 1. The third-order valence-corrected chi connectivity index (χ3v) is 7.32. The van der Waals surface area contributed by atoms with Crippen LogP contribution in [0.3, 0.4) is 0 Å². The number of aromatic nitrogens is 2. The number of pyridine rings is 1. The first-order chi connectivity index (χ1) is 19.9. The number of fused-ring (bicyclic) bond motifs is 2. The number of nitrogens with zero attached hydrogens (tertiary/aromatic N) is 2. The zero-order valence-electron chi connectivity index (χ0n) is 22.2. The minimum atomic E-state index is -1.01. The molecule has 1 amide bonds. The topological polar surface area (TPSA) is 83.7 Å². The van der Waals surface area contributed by atoms with Gasteiger partial charge in [-0.15, -0.1) is 0 Å². The Bertz CT molecular complexity index is 1910. The average molecular weight is 544 g/mol. The summed E-state index contributed by atoms with van der Waals surface area (Å²) >= 11 is 0. The van der Waals surface area contributed by atoms with Crippen molar-refractivity contribution in [3.8, 4) is 11.1 Å². The second-order valence-electron chi connectivity index (χ2n) is 10.1. The van der Waals surface area contributed by atoms with Crippen LogP contribution in [0.1, 0.15) is 50.5 Å². The highest BCUT2D eigenvalue weighted by atomic mass is 19.1. The molecule has 0 aliphatic heterocycles. The number of carboxylic acids is 1. The summed E-state index contributed by atoms with van der Waals surface area (Å²) < 4.78 is 15.5. The maximum Gasteiger partial charge on any atom is 0.335 e. The molecule has 1 atom stereocenters. The monoisotopic (exact) mass is 543 g/mol. The van der Waals surface area contributed by atoms with Crippen LogP contribution in [0, 0.1) is 5.82 Å². The van der Waals surface area contributed by atoms with E-state index >= 15 is 0 Å². The van der Waals surface area contributed by atoms with Crippen LogP contribution in [0.5, 0.6) is 0 Å². The number of nitrogens with one attached hydrogen (secondary N) is 1. The standard InChI is InChI=1S/C34H26FN3O3/c1-21(23-8-10-26(11-9-23)34(40)41)37-33(39)30-18-28(25-12-14-29(35)15-13-25)19-38-20-36-31(32(30)38)17-22-6-7-24-4-2-3-5-27(24)16-22/h2-16,18-21H,17H2,1H3,(H,37,39)(H,40,41)/t21-/m0/s1. The van der Waals surface area contributed by atoms with Crippen molar-refractivity contribution in [1.82, 2.24) is 14.7 Å². The second-order valence-corrected chi connectivity index (χ2v) is 10.1. The van der Waals surface area contributed by atoms with Crippen LogP contribution < -0.4 is 5.32 Å². The van der Waals surface area contributed by atoms with E-state index in [1.165, 1.54) is 24.3 Å². The van der Waals surface area contributed by atoms with E-state index in [9.17, 15) is 19.1 Å². The molecule has 6 rings (SSSR count). The van der Waals surface area contributed by atoms with Crippen molar-refractivity contribution in [2.24, 2.45) is 0 Å². The molecular weight excluding hydrogens is 517 g/mol. The molecule has 6 aromatic rings. The number of hydrogen-bond acceptors (Lipinski definition) is 3. The van der Waals surface area contributed by atoms with Gasteiger partial charge in [0.1, 0.15) is 5.82 Å². The van der Waals surface area contributed by atoms with Gasteiger partial charge in [-0.05, 0) is 70.3 Å². The minimum absolute atomic E-state index is 0.179. The molecule has 0 bridgehead atoms. The Labute approximate surface area is 235 Å². The molecule has 0 spiro atoms. The minimum Gasteiger partial charge on any atom is -0.478 e. The fourth-order valence-electron chi connectivity index (χ4n) is 5.12. The van der Waals surface area contributed by atoms with Gasteiger partial charge in [0.05, 0.1) is 34.7 Å². The lowest BCUT2D eigenvalue weighted by molar-refractivity contribution is 0.0696. The molecule has 0 fully saturated rings. The third kappa shape index (κ3) is 5.30. The summed E-state index contributed by atoms with van der Waals surface area (Å²) in [7, 11) is 0. The Kier molecular flexibility index (Phi) is 6.77. The number of aromatic carboxylic acids is 1. The molecule has 2 heterocycles. The van der Waals surface area contributed by atoms with E-state index in [4.69, 9.17) is 4.98 Å². The van der Waals surface area contributed by atoms with Crippen molar-refractivity contribution in [2.45, 2.75) is 19.4 Å². The number of hydrogen-bond donors (Lipinski definition) is 2. The van der Waals surface area contributed by atoms with Gasteiger partial charge >= 0.3 is 5.97 Å². The van der Waals surface area contributed by atoms with E-state index in [2.05, 4.69) is 35.6 Å². The van der Waals surface area contributed by atoms with Crippen LogP contribution in [0.15, 0.2) is 110 Å². The SMILES string of the molecule is C[C@H](NC(=O)c1cc(-c2ccc(F)cc2)cn2cnc(Cc3ccc4ccccc4c3)c12)c1ccc(C(=O)O)cc1. The van der Waals surface area contributed by atoms with E-state index in [0.717, 1.165) is 38.7 Å². The van der Waals surface area contributed by atoms with Gasteiger partial charge in [-0.1, -0.05) is 66.7 Å². The summed E-state index contributed by atoms with van der Waals surface area (Å²) in [5, 5.41) is 14.6. The summed E-state index contributed by atoms with van der Waals surface area (Å²) in [5.74, 6) is -1.64. The van der Waals surface area contributed by atoms with Crippen LogP contribution in [0.2, 0.25) is 0 Å². The van der Waals surface area contributed by atoms with E-state index < -0.39 is 5.97 Å². The van der Waals surface area contributed by atoms with Crippen molar-refractivity contribution in [3.63, 3.8) is 0 Å². The summed E-state index contributed by atoms with van der Waals surface area (Å²) in [6.07, 6.45) is 4.12. The molecule has 0 radical (unpaired) electrons. The quantitative estimate of drug-likeness (QED) is 0.226. The lowest BCUT2D eigenvalue weighted by Crippen LogP contribution is -2.27. The second kappa shape index (κ2) is 10.7. The molecule has 7 heteroatoms. The van der Waals surface area contributed by atoms with Gasteiger partial charge in [0, 0.05) is 12.6 Å². The van der Waals surface area contributed by atoms with Crippen molar-refractivity contribution < 1.29 is 19.1 Å². The zero-order chi connectivity index (χ0) is 28.5. The smallest absolute Gasteiger partial charge is 0.335 e. The molecule has 4 aromatic carbocycles. The lowest BCUT2D eigenvalue weighted by Gasteiger charge is -2.16. The molecule has 2 aromatic heterocycles. The Morgan fingerprint density at radius 2 is 1.63 bits per heavy atom. The number of halogens is 1. The summed E-state index contributed by atoms with van der Waals surface area (Å²) in [5.41, 5.74) is 5.43. The van der Waals surface area contributed by atoms with Gasteiger partial charge in [0.15, 0.2) is 0 Å². The maximum absolute atomic E-state index is 13.8.